The van der Waals surface area contributed by atoms with Crippen molar-refractivity contribution in [3.63, 3.8) is 0 Å². The van der Waals surface area contributed by atoms with Gasteiger partial charge in [0.1, 0.15) is 0 Å². The van der Waals surface area contributed by atoms with Crippen LogP contribution in [0.3, 0.4) is 0 Å². The van der Waals surface area contributed by atoms with E-state index in [4.69, 9.17) is 4.74 Å². The number of unbranched alkanes of at least 4 members (excludes halogenated alkanes) is 39. The van der Waals surface area contributed by atoms with Crippen LogP contribution in [0.4, 0.5) is 0 Å². The minimum Gasteiger partial charge on any atom is -0.466 e. The molecule has 0 aliphatic carbocycles. The van der Waals surface area contributed by atoms with Crippen LogP contribution in [0.5, 0.6) is 0 Å². The van der Waals surface area contributed by atoms with Crippen LogP contribution >= 0.6 is 0 Å². The lowest BCUT2D eigenvalue weighted by atomic mass is 10.0. The molecule has 0 radical (unpaired) electrons. The van der Waals surface area contributed by atoms with Gasteiger partial charge in [-0.3, -0.25) is 4.79 Å². The summed E-state index contributed by atoms with van der Waals surface area (Å²) in [6, 6.07) is 0. The zero-order valence-corrected chi connectivity index (χ0v) is 36.0. The third kappa shape index (κ3) is 47.4. The summed E-state index contributed by atoms with van der Waals surface area (Å²) in [5.41, 5.74) is 0. The Hall–Kier alpha value is -0.530. The molecule has 0 N–H and O–H groups in total. The first-order chi connectivity index (χ1) is 25.2. The van der Waals surface area contributed by atoms with E-state index in [1.54, 1.807) is 0 Å². The van der Waals surface area contributed by atoms with Gasteiger partial charge in [-0.2, -0.15) is 0 Å². The van der Waals surface area contributed by atoms with E-state index in [0.29, 0.717) is 13.0 Å². The second kappa shape index (κ2) is 45.6. The van der Waals surface area contributed by atoms with Gasteiger partial charge in [-0.05, 0) is 18.8 Å². The van der Waals surface area contributed by atoms with Crippen molar-refractivity contribution in [2.45, 2.75) is 297 Å². The maximum Gasteiger partial charge on any atom is 0.305 e. The van der Waals surface area contributed by atoms with Gasteiger partial charge in [-0.25, -0.2) is 0 Å². The van der Waals surface area contributed by atoms with Crippen LogP contribution in [-0.2, 0) is 9.53 Å². The van der Waals surface area contributed by atoms with Crippen molar-refractivity contribution in [3.05, 3.63) is 0 Å². The van der Waals surface area contributed by atoms with Crippen LogP contribution in [0.1, 0.15) is 297 Å². The van der Waals surface area contributed by atoms with Crippen LogP contribution in [0.25, 0.3) is 0 Å². The first-order valence-corrected chi connectivity index (χ1v) is 24.3. The molecule has 0 rings (SSSR count). The minimum absolute atomic E-state index is 0.0267. The van der Waals surface area contributed by atoms with Gasteiger partial charge in [-0.1, -0.05) is 278 Å². The molecule has 0 aromatic heterocycles. The Labute approximate surface area is 324 Å². The second-order valence-corrected chi connectivity index (χ2v) is 17.3. The van der Waals surface area contributed by atoms with E-state index in [0.717, 1.165) is 18.8 Å². The van der Waals surface area contributed by atoms with E-state index in [9.17, 15) is 4.79 Å². The van der Waals surface area contributed by atoms with Crippen molar-refractivity contribution < 1.29 is 9.53 Å². The highest BCUT2D eigenvalue weighted by Crippen LogP contribution is 2.18. The topological polar surface area (TPSA) is 26.3 Å². The van der Waals surface area contributed by atoms with Gasteiger partial charge >= 0.3 is 5.97 Å². The van der Waals surface area contributed by atoms with Crippen LogP contribution in [0.15, 0.2) is 0 Å². The summed E-state index contributed by atoms with van der Waals surface area (Å²) in [6.07, 6.45) is 59.6. The molecule has 2 nitrogen and oxygen atoms in total. The second-order valence-electron chi connectivity index (χ2n) is 17.3. The maximum atomic E-state index is 11.9. The molecular formula is C49H98O2. The summed E-state index contributed by atoms with van der Waals surface area (Å²) in [5, 5.41) is 0. The maximum absolute atomic E-state index is 11.9. The van der Waals surface area contributed by atoms with Crippen LogP contribution < -0.4 is 0 Å². The average molecular weight is 719 g/mol. The molecule has 0 spiro atoms. The Morgan fingerprint density at radius 2 is 0.569 bits per heavy atom. The predicted molar refractivity (Wildman–Crippen MR) is 230 cm³/mol. The van der Waals surface area contributed by atoms with Crippen molar-refractivity contribution in [3.8, 4) is 0 Å². The van der Waals surface area contributed by atoms with E-state index in [-0.39, 0.29) is 5.97 Å². The summed E-state index contributed by atoms with van der Waals surface area (Å²) in [7, 11) is 0. The van der Waals surface area contributed by atoms with Gasteiger partial charge in [0.15, 0.2) is 0 Å². The Morgan fingerprint density at radius 1 is 0.333 bits per heavy atom. The van der Waals surface area contributed by atoms with Crippen molar-refractivity contribution in [2.75, 3.05) is 6.61 Å². The van der Waals surface area contributed by atoms with E-state index in [1.165, 1.54) is 257 Å². The molecule has 0 amide bonds. The molecular weight excluding hydrogens is 621 g/mol. The molecule has 0 aliphatic rings. The monoisotopic (exact) mass is 719 g/mol. The number of carbonyl (C=O) groups excluding carboxylic acids is 1. The largest absolute Gasteiger partial charge is 0.466 e. The lowest BCUT2D eigenvalue weighted by molar-refractivity contribution is -0.143. The normalized spacial score (nSPS) is 11.6. The molecule has 2 heteroatoms. The lowest BCUT2D eigenvalue weighted by Crippen LogP contribution is -2.05. The van der Waals surface area contributed by atoms with Crippen molar-refractivity contribution in [2.24, 2.45) is 5.92 Å². The SMILES string of the molecule is CCCCCCCCCCCC(=O)OCCCCCCCCCCCCCCCCCCCCCCCCCCCCCCCCCCC(C)C. The first-order valence-electron chi connectivity index (χ1n) is 24.3. The van der Waals surface area contributed by atoms with Gasteiger partial charge in [0.2, 0.25) is 0 Å². The molecule has 0 fully saturated rings. The number of rotatable bonds is 45. The highest BCUT2D eigenvalue weighted by molar-refractivity contribution is 5.69. The molecule has 0 bridgehead atoms. The number of ether oxygens (including phenoxy) is 1. The zero-order valence-electron chi connectivity index (χ0n) is 36.0. The average Bonchev–Trinajstić information content (AvgIpc) is 3.12. The van der Waals surface area contributed by atoms with Crippen molar-refractivity contribution in [1.29, 1.82) is 0 Å². The van der Waals surface area contributed by atoms with E-state index >= 15 is 0 Å². The molecule has 0 aromatic rings. The molecule has 0 aliphatic heterocycles. The van der Waals surface area contributed by atoms with E-state index in [2.05, 4.69) is 20.8 Å². The number of carbonyl (C=O) groups is 1. The Bertz CT molecular complexity index is 628. The summed E-state index contributed by atoms with van der Waals surface area (Å²) < 4.78 is 5.45. The van der Waals surface area contributed by atoms with Crippen molar-refractivity contribution >= 4 is 5.97 Å². The zero-order chi connectivity index (χ0) is 37.0. The Morgan fingerprint density at radius 3 is 0.843 bits per heavy atom. The minimum atomic E-state index is 0.0267. The highest BCUT2D eigenvalue weighted by atomic mass is 16.5. The molecule has 51 heavy (non-hydrogen) atoms. The van der Waals surface area contributed by atoms with Gasteiger partial charge in [-0.15, -0.1) is 0 Å². The lowest BCUT2D eigenvalue weighted by Gasteiger charge is -2.06. The van der Waals surface area contributed by atoms with Crippen LogP contribution in [0.2, 0.25) is 0 Å². The molecule has 306 valence electrons. The number of hydrogen-bond acceptors (Lipinski definition) is 2. The summed E-state index contributed by atoms with van der Waals surface area (Å²) in [6.45, 7) is 7.60. The Balaban J connectivity index is 3.11. The fraction of sp³-hybridized carbons (Fsp3) is 0.980. The molecule has 0 unspecified atom stereocenters. The molecule has 0 heterocycles. The van der Waals surface area contributed by atoms with Gasteiger partial charge < -0.3 is 4.74 Å². The Kier molecular flexibility index (Phi) is 45.2. The molecule has 0 saturated carbocycles. The summed E-state index contributed by atoms with van der Waals surface area (Å²) in [5.74, 6) is 0.917. The van der Waals surface area contributed by atoms with Crippen LogP contribution in [-0.4, -0.2) is 12.6 Å². The summed E-state index contributed by atoms with van der Waals surface area (Å²) >= 11 is 0. The number of esters is 1. The van der Waals surface area contributed by atoms with Gasteiger partial charge in [0, 0.05) is 6.42 Å². The standard InChI is InChI=1S/C49H98O2/c1-4-5-6-7-8-33-37-40-43-46-49(50)51-47-44-41-38-35-32-30-28-26-24-22-20-18-16-14-12-10-9-11-13-15-17-19-21-23-25-27-29-31-34-36-39-42-45-48(2)3/h48H,4-47H2,1-3H3. The smallest absolute Gasteiger partial charge is 0.305 e. The fourth-order valence-electron chi connectivity index (χ4n) is 7.80. The van der Waals surface area contributed by atoms with Crippen molar-refractivity contribution in [1.82, 2.24) is 0 Å². The third-order valence-corrected chi connectivity index (χ3v) is 11.4. The molecule has 0 saturated heterocycles. The fourth-order valence-corrected chi connectivity index (χ4v) is 7.80. The predicted octanol–water partition coefficient (Wildman–Crippen LogP) is 18.0. The third-order valence-electron chi connectivity index (χ3n) is 11.4. The number of hydrogen-bond donors (Lipinski definition) is 0. The van der Waals surface area contributed by atoms with Crippen LogP contribution in [0, 0.1) is 5.92 Å². The van der Waals surface area contributed by atoms with Gasteiger partial charge in [0.25, 0.3) is 0 Å². The van der Waals surface area contributed by atoms with E-state index < -0.39 is 0 Å². The summed E-state index contributed by atoms with van der Waals surface area (Å²) in [4.78, 5) is 11.9. The van der Waals surface area contributed by atoms with E-state index in [1.807, 2.05) is 0 Å². The highest BCUT2D eigenvalue weighted by Gasteiger charge is 2.03. The molecule has 0 atom stereocenters. The van der Waals surface area contributed by atoms with Gasteiger partial charge in [0.05, 0.1) is 6.61 Å². The first kappa shape index (κ1) is 50.5. The molecule has 0 aromatic carbocycles. The quantitative estimate of drug-likeness (QED) is 0.0463.